The van der Waals surface area contributed by atoms with Crippen molar-refractivity contribution in [3.8, 4) is 11.5 Å². The summed E-state index contributed by atoms with van der Waals surface area (Å²) in [5.41, 5.74) is 1.47. The SMILES string of the molecule is Clc1ccc2cc(-c3cnccn3)oc2c1. The molecule has 78 valence electrons. The zero-order chi connectivity index (χ0) is 11.0. The lowest BCUT2D eigenvalue weighted by Gasteiger charge is -1.92. The molecule has 4 heteroatoms. The number of furan rings is 1. The van der Waals surface area contributed by atoms with Gasteiger partial charge in [-0.05, 0) is 18.2 Å². The predicted molar refractivity (Wildman–Crippen MR) is 62.3 cm³/mol. The maximum atomic E-state index is 5.89. The first-order valence-electron chi connectivity index (χ1n) is 4.78. The van der Waals surface area contributed by atoms with Gasteiger partial charge in [0.05, 0.1) is 6.20 Å². The number of fused-ring (bicyclic) bond motifs is 1. The monoisotopic (exact) mass is 230 g/mol. The van der Waals surface area contributed by atoms with Gasteiger partial charge in [0.2, 0.25) is 0 Å². The van der Waals surface area contributed by atoms with Crippen LogP contribution in [0.1, 0.15) is 0 Å². The number of aromatic nitrogens is 2. The van der Waals surface area contributed by atoms with Gasteiger partial charge in [-0.3, -0.25) is 4.98 Å². The number of benzene rings is 1. The molecule has 0 amide bonds. The zero-order valence-electron chi connectivity index (χ0n) is 8.22. The topological polar surface area (TPSA) is 38.9 Å². The fourth-order valence-electron chi connectivity index (χ4n) is 1.56. The van der Waals surface area contributed by atoms with E-state index < -0.39 is 0 Å². The highest BCUT2D eigenvalue weighted by Crippen LogP contribution is 2.27. The molecule has 3 rings (SSSR count). The van der Waals surface area contributed by atoms with E-state index in [4.69, 9.17) is 16.0 Å². The van der Waals surface area contributed by atoms with E-state index >= 15 is 0 Å². The number of halogens is 1. The lowest BCUT2D eigenvalue weighted by molar-refractivity contribution is 0.628. The summed E-state index contributed by atoms with van der Waals surface area (Å²) in [6.45, 7) is 0. The third-order valence-corrected chi connectivity index (χ3v) is 2.53. The fourth-order valence-corrected chi connectivity index (χ4v) is 1.72. The molecule has 0 spiro atoms. The first-order valence-corrected chi connectivity index (χ1v) is 5.16. The summed E-state index contributed by atoms with van der Waals surface area (Å²) in [5, 5.41) is 1.66. The van der Waals surface area contributed by atoms with Gasteiger partial charge in [-0.15, -0.1) is 0 Å². The van der Waals surface area contributed by atoms with Crippen LogP contribution in [0.25, 0.3) is 22.4 Å². The minimum absolute atomic E-state index is 0.660. The second-order valence-corrected chi connectivity index (χ2v) is 3.82. The summed E-state index contributed by atoms with van der Waals surface area (Å²) in [7, 11) is 0. The minimum Gasteiger partial charge on any atom is -0.454 e. The molecule has 3 nitrogen and oxygen atoms in total. The molecule has 0 fully saturated rings. The maximum Gasteiger partial charge on any atom is 0.155 e. The van der Waals surface area contributed by atoms with Gasteiger partial charge < -0.3 is 4.42 Å². The van der Waals surface area contributed by atoms with Crippen molar-refractivity contribution in [2.24, 2.45) is 0 Å². The zero-order valence-corrected chi connectivity index (χ0v) is 8.98. The molecule has 0 aliphatic rings. The van der Waals surface area contributed by atoms with E-state index in [1.54, 1.807) is 24.7 Å². The van der Waals surface area contributed by atoms with Crippen LogP contribution in [0.3, 0.4) is 0 Å². The van der Waals surface area contributed by atoms with Gasteiger partial charge in [-0.2, -0.15) is 0 Å². The lowest BCUT2D eigenvalue weighted by atomic mass is 10.2. The van der Waals surface area contributed by atoms with Gasteiger partial charge in [0, 0.05) is 28.9 Å². The van der Waals surface area contributed by atoms with Crippen LogP contribution in [-0.4, -0.2) is 9.97 Å². The Morgan fingerprint density at radius 3 is 2.88 bits per heavy atom. The normalized spacial score (nSPS) is 10.8. The standard InChI is InChI=1S/C12H7ClN2O/c13-9-2-1-8-5-12(16-11(8)6-9)10-7-14-3-4-15-10/h1-7H. The summed E-state index contributed by atoms with van der Waals surface area (Å²) in [5.74, 6) is 0.699. The molecular weight excluding hydrogens is 224 g/mol. The van der Waals surface area contributed by atoms with Crippen molar-refractivity contribution in [2.45, 2.75) is 0 Å². The molecule has 2 heterocycles. The van der Waals surface area contributed by atoms with E-state index in [0.717, 1.165) is 16.7 Å². The highest BCUT2D eigenvalue weighted by Gasteiger charge is 2.07. The minimum atomic E-state index is 0.660. The van der Waals surface area contributed by atoms with E-state index in [1.165, 1.54) is 0 Å². The lowest BCUT2D eigenvalue weighted by Crippen LogP contribution is -1.80. The molecule has 0 saturated carbocycles. The molecule has 0 N–H and O–H groups in total. The summed E-state index contributed by atoms with van der Waals surface area (Å²) in [6, 6.07) is 7.47. The highest BCUT2D eigenvalue weighted by molar-refractivity contribution is 6.31. The first-order chi connectivity index (χ1) is 7.83. The predicted octanol–water partition coefficient (Wildman–Crippen LogP) is 3.54. The van der Waals surface area contributed by atoms with Gasteiger partial charge in [-0.25, -0.2) is 4.98 Å². The van der Waals surface area contributed by atoms with Gasteiger partial charge >= 0.3 is 0 Å². The smallest absolute Gasteiger partial charge is 0.155 e. The molecule has 3 aromatic rings. The number of rotatable bonds is 1. The molecular formula is C12H7ClN2O. The molecule has 0 bridgehead atoms. The van der Waals surface area contributed by atoms with Gasteiger partial charge in [0.25, 0.3) is 0 Å². The quantitative estimate of drug-likeness (QED) is 0.642. The van der Waals surface area contributed by atoms with Crippen molar-refractivity contribution in [3.05, 3.63) is 47.9 Å². The Kier molecular flexibility index (Phi) is 2.11. The molecule has 0 saturated heterocycles. The van der Waals surface area contributed by atoms with Crippen LogP contribution >= 0.6 is 11.6 Å². The summed E-state index contributed by atoms with van der Waals surface area (Å²) >= 11 is 5.89. The Morgan fingerprint density at radius 2 is 2.06 bits per heavy atom. The average molecular weight is 231 g/mol. The highest BCUT2D eigenvalue weighted by atomic mass is 35.5. The Labute approximate surface area is 96.7 Å². The summed E-state index contributed by atoms with van der Waals surface area (Å²) in [6.07, 6.45) is 4.93. The molecule has 0 aliphatic heterocycles. The van der Waals surface area contributed by atoms with Crippen LogP contribution < -0.4 is 0 Å². The Bertz CT molecular complexity index is 634. The Hall–Kier alpha value is -1.87. The molecule has 2 aromatic heterocycles. The molecule has 16 heavy (non-hydrogen) atoms. The summed E-state index contributed by atoms with van der Waals surface area (Å²) < 4.78 is 5.65. The van der Waals surface area contributed by atoms with Crippen molar-refractivity contribution in [1.82, 2.24) is 9.97 Å². The molecule has 1 aromatic carbocycles. The Balaban J connectivity index is 2.19. The second-order valence-electron chi connectivity index (χ2n) is 3.38. The second kappa shape index (κ2) is 3.61. The van der Waals surface area contributed by atoms with Crippen molar-refractivity contribution < 1.29 is 4.42 Å². The third kappa shape index (κ3) is 1.55. The van der Waals surface area contributed by atoms with Crippen LogP contribution in [0.4, 0.5) is 0 Å². The van der Waals surface area contributed by atoms with Crippen LogP contribution in [0, 0.1) is 0 Å². The Morgan fingerprint density at radius 1 is 1.12 bits per heavy atom. The van der Waals surface area contributed by atoms with Crippen LogP contribution in [0.15, 0.2) is 47.3 Å². The average Bonchev–Trinajstić information content (AvgIpc) is 2.73. The summed E-state index contributed by atoms with van der Waals surface area (Å²) in [4.78, 5) is 8.18. The molecule has 0 radical (unpaired) electrons. The van der Waals surface area contributed by atoms with E-state index in [9.17, 15) is 0 Å². The number of nitrogens with zero attached hydrogens (tertiary/aromatic N) is 2. The van der Waals surface area contributed by atoms with E-state index in [-0.39, 0.29) is 0 Å². The molecule has 0 unspecified atom stereocenters. The first kappa shape index (κ1) is 9.36. The third-order valence-electron chi connectivity index (χ3n) is 2.30. The van der Waals surface area contributed by atoms with E-state index in [2.05, 4.69) is 9.97 Å². The van der Waals surface area contributed by atoms with Crippen molar-refractivity contribution in [1.29, 1.82) is 0 Å². The molecule has 0 atom stereocenters. The van der Waals surface area contributed by atoms with Gasteiger partial charge in [0.15, 0.2) is 5.76 Å². The maximum absolute atomic E-state index is 5.89. The van der Waals surface area contributed by atoms with Crippen LogP contribution in [-0.2, 0) is 0 Å². The van der Waals surface area contributed by atoms with Crippen molar-refractivity contribution in [2.75, 3.05) is 0 Å². The van der Waals surface area contributed by atoms with E-state index in [0.29, 0.717) is 10.8 Å². The van der Waals surface area contributed by atoms with Crippen molar-refractivity contribution in [3.63, 3.8) is 0 Å². The van der Waals surface area contributed by atoms with Gasteiger partial charge in [0.1, 0.15) is 11.3 Å². The fraction of sp³-hybridized carbons (Fsp3) is 0. The van der Waals surface area contributed by atoms with Gasteiger partial charge in [-0.1, -0.05) is 11.6 Å². The number of hydrogen-bond acceptors (Lipinski definition) is 3. The van der Waals surface area contributed by atoms with Crippen LogP contribution in [0.2, 0.25) is 5.02 Å². The van der Waals surface area contributed by atoms with E-state index in [1.807, 2.05) is 18.2 Å². The van der Waals surface area contributed by atoms with Crippen LogP contribution in [0.5, 0.6) is 0 Å². The number of hydrogen-bond donors (Lipinski definition) is 0. The van der Waals surface area contributed by atoms with Crippen molar-refractivity contribution >= 4 is 22.6 Å². The largest absolute Gasteiger partial charge is 0.454 e. The molecule has 0 aliphatic carbocycles.